The molecule has 0 saturated carbocycles. The number of carbonyl (C=O) groups is 2. The molecule has 3 rings (SSSR count). The Morgan fingerprint density at radius 2 is 1.69 bits per heavy atom. The zero-order chi connectivity index (χ0) is 23.1. The van der Waals surface area contributed by atoms with Gasteiger partial charge in [0.2, 0.25) is 5.91 Å². The summed E-state index contributed by atoms with van der Waals surface area (Å²) in [6, 6.07) is 16.3. The molecule has 0 spiro atoms. The van der Waals surface area contributed by atoms with Crippen LogP contribution in [0.25, 0.3) is 0 Å². The zero-order valence-corrected chi connectivity index (χ0v) is 18.6. The first-order valence-corrected chi connectivity index (χ1v) is 11.3. The van der Waals surface area contributed by atoms with Crippen molar-refractivity contribution in [3.63, 3.8) is 0 Å². The van der Waals surface area contributed by atoms with E-state index >= 15 is 0 Å². The van der Waals surface area contributed by atoms with Gasteiger partial charge in [-0.3, -0.25) is 18.9 Å². The van der Waals surface area contributed by atoms with E-state index in [1.165, 1.54) is 17.5 Å². The third-order valence-electron chi connectivity index (χ3n) is 4.76. The van der Waals surface area contributed by atoms with Crippen LogP contribution < -0.4 is 14.9 Å². The molecule has 8 nitrogen and oxygen atoms in total. The number of aromatic nitrogens is 1. The Morgan fingerprint density at radius 3 is 2.31 bits per heavy atom. The highest BCUT2D eigenvalue weighted by Gasteiger charge is 2.21. The van der Waals surface area contributed by atoms with Crippen LogP contribution in [-0.2, 0) is 14.8 Å². The fourth-order valence-corrected chi connectivity index (χ4v) is 4.08. The average Bonchev–Trinajstić information content (AvgIpc) is 2.79. The van der Waals surface area contributed by atoms with E-state index in [2.05, 4.69) is 15.6 Å². The molecule has 0 aliphatic rings. The maximum Gasteiger partial charge on any atom is 0.264 e. The summed E-state index contributed by atoms with van der Waals surface area (Å²) >= 11 is 0. The third kappa shape index (κ3) is 5.70. The zero-order valence-electron chi connectivity index (χ0n) is 17.8. The van der Waals surface area contributed by atoms with E-state index in [9.17, 15) is 18.0 Å². The quantitative estimate of drug-likeness (QED) is 0.546. The molecule has 3 aromatic rings. The Kier molecular flexibility index (Phi) is 7.21. The summed E-state index contributed by atoms with van der Waals surface area (Å²) in [6.45, 7) is 2.05. The Labute approximate surface area is 187 Å². The van der Waals surface area contributed by atoms with Crippen molar-refractivity contribution in [2.75, 3.05) is 23.2 Å². The van der Waals surface area contributed by atoms with Gasteiger partial charge in [-0.2, -0.15) is 0 Å². The molecule has 0 unspecified atom stereocenters. The molecule has 1 aromatic heterocycles. The summed E-state index contributed by atoms with van der Waals surface area (Å²) in [6.07, 6.45) is 3.25. The smallest absolute Gasteiger partial charge is 0.264 e. The number of hydrogen-bond acceptors (Lipinski definition) is 5. The maximum atomic E-state index is 12.8. The van der Waals surface area contributed by atoms with E-state index in [-0.39, 0.29) is 29.7 Å². The lowest BCUT2D eigenvalue weighted by molar-refractivity contribution is -0.116. The van der Waals surface area contributed by atoms with Crippen molar-refractivity contribution in [3.8, 4) is 0 Å². The van der Waals surface area contributed by atoms with Crippen LogP contribution in [0.1, 0.15) is 22.3 Å². The van der Waals surface area contributed by atoms with Gasteiger partial charge < -0.3 is 10.6 Å². The molecule has 0 bridgehead atoms. The van der Waals surface area contributed by atoms with E-state index in [1.54, 1.807) is 66.9 Å². The molecule has 32 heavy (non-hydrogen) atoms. The van der Waals surface area contributed by atoms with Crippen LogP contribution in [0.4, 0.5) is 11.4 Å². The number of nitrogens with one attached hydrogen (secondary N) is 2. The number of benzene rings is 2. The Bertz CT molecular complexity index is 1180. The molecule has 0 saturated heterocycles. The number of carbonyl (C=O) groups excluding carboxylic acids is 2. The molecular formula is C23H24N4O4S. The predicted molar refractivity (Wildman–Crippen MR) is 123 cm³/mol. The second-order valence-electron chi connectivity index (χ2n) is 7.13. The first-order chi connectivity index (χ1) is 15.3. The van der Waals surface area contributed by atoms with Crippen molar-refractivity contribution in [2.45, 2.75) is 18.2 Å². The first-order valence-electron chi connectivity index (χ1n) is 9.91. The number of nitrogens with zero attached hydrogens (tertiary/aromatic N) is 2. The molecule has 1 heterocycles. The first kappa shape index (κ1) is 23.0. The number of amides is 2. The van der Waals surface area contributed by atoms with Gasteiger partial charge >= 0.3 is 0 Å². The minimum atomic E-state index is -3.71. The van der Waals surface area contributed by atoms with Gasteiger partial charge in [-0.15, -0.1) is 0 Å². The molecule has 0 aliphatic heterocycles. The Hall–Kier alpha value is -3.72. The molecule has 0 radical (unpaired) electrons. The van der Waals surface area contributed by atoms with Crippen LogP contribution in [0.15, 0.2) is 78.0 Å². The fourth-order valence-electron chi connectivity index (χ4n) is 2.88. The highest BCUT2D eigenvalue weighted by atomic mass is 32.2. The Balaban J connectivity index is 1.55. The molecular weight excluding hydrogens is 428 g/mol. The largest absolute Gasteiger partial charge is 0.352 e. The van der Waals surface area contributed by atoms with Crippen molar-refractivity contribution in [1.29, 1.82) is 0 Å². The number of sulfonamides is 1. The number of anilines is 2. The lowest BCUT2D eigenvalue weighted by Crippen LogP contribution is -2.28. The van der Waals surface area contributed by atoms with Crippen molar-refractivity contribution >= 4 is 33.2 Å². The maximum absolute atomic E-state index is 12.8. The van der Waals surface area contributed by atoms with Gasteiger partial charge in [0.25, 0.3) is 15.9 Å². The van der Waals surface area contributed by atoms with Gasteiger partial charge in [-0.25, -0.2) is 8.42 Å². The van der Waals surface area contributed by atoms with Gasteiger partial charge in [0.1, 0.15) is 0 Å². The summed E-state index contributed by atoms with van der Waals surface area (Å²) in [4.78, 5) is 28.4. The number of pyridine rings is 1. The summed E-state index contributed by atoms with van der Waals surface area (Å²) in [5.41, 5.74) is 2.35. The van der Waals surface area contributed by atoms with E-state index in [0.717, 1.165) is 5.56 Å². The van der Waals surface area contributed by atoms with Crippen LogP contribution >= 0.6 is 0 Å². The molecule has 2 N–H and O–H groups in total. The molecule has 2 aromatic carbocycles. The van der Waals surface area contributed by atoms with Crippen LogP contribution in [-0.4, -0.2) is 38.8 Å². The lowest BCUT2D eigenvalue weighted by atomic mass is 10.2. The summed E-state index contributed by atoms with van der Waals surface area (Å²) in [7, 11) is -2.24. The number of rotatable bonds is 8. The molecule has 0 aliphatic carbocycles. The van der Waals surface area contributed by atoms with Crippen LogP contribution in [0.5, 0.6) is 0 Å². The molecule has 9 heteroatoms. The average molecular weight is 453 g/mol. The van der Waals surface area contributed by atoms with Gasteiger partial charge in [-0.05, 0) is 55.5 Å². The second kappa shape index (κ2) is 10.1. The van der Waals surface area contributed by atoms with E-state index < -0.39 is 10.0 Å². The summed E-state index contributed by atoms with van der Waals surface area (Å²) < 4.78 is 26.8. The summed E-state index contributed by atoms with van der Waals surface area (Å²) in [5.74, 6) is -0.591. The fraction of sp³-hybridized carbons (Fsp3) is 0.174. The minimum Gasteiger partial charge on any atom is -0.352 e. The standard InChI is InChI=1S/C23H24N4O4S/c1-17-5-11-21(12-6-17)32(30,31)27(2)20-9-7-18(8-10-20)23(29)25-15-13-22(28)26-19-4-3-14-24-16-19/h3-12,14,16H,13,15H2,1-2H3,(H,25,29)(H,26,28). The van der Waals surface area contributed by atoms with Crippen molar-refractivity contribution < 1.29 is 18.0 Å². The SMILES string of the molecule is Cc1ccc(S(=O)(=O)N(C)c2ccc(C(=O)NCCC(=O)Nc3cccnc3)cc2)cc1. The lowest BCUT2D eigenvalue weighted by Gasteiger charge is -2.20. The summed E-state index contributed by atoms with van der Waals surface area (Å²) in [5, 5.41) is 5.37. The highest BCUT2D eigenvalue weighted by Crippen LogP contribution is 2.22. The topological polar surface area (TPSA) is 108 Å². The van der Waals surface area contributed by atoms with E-state index in [0.29, 0.717) is 16.9 Å². The Morgan fingerprint density at radius 1 is 1.00 bits per heavy atom. The van der Waals surface area contributed by atoms with Crippen molar-refractivity contribution in [3.05, 3.63) is 84.2 Å². The van der Waals surface area contributed by atoms with Gasteiger partial charge in [0.15, 0.2) is 0 Å². The second-order valence-corrected chi connectivity index (χ2v) is 9.10. The normalized spacial score (nSPS) is 10.9. The third-order valence-corrected chi connectivity index (χ3v) is 6.56. The van der Waals surface area contributed by atoms with Gasteiger partial charge in [0.05, 0.1) is 22.5 Å². The molecule has 0 fully saturated rings. The van der Waals surface area contributed by atoms with Crippen molar-refractivity contribution in [1.82, 2.24) is 10.3 Å². The van der Waals surface area contributed by atoms with Crippen LogP contribution in [0, 0.1) is 6.92 Å². The van der Waals surface area contributed by atoms with E-state index in [1.807, 2.05) is 6.92 Å². The predicted octanol–water partition coefficient (Wildman–Crippen LogP) is 2.97. The van der Waals surface area contributed by atoms with Gasteiger partial charge in [-0.1, -0.05) is 17.7 Å². The highest BCUT2D eigenvalue weighted by molar-refractivity contribution is 7.92. The minimum absolute atomic E-state index is 0.107. The monoisotopic (exact) mass is 452 g/mol. The van der Waals surface area contributed by atoms with Crippen LogP contribution in [0.2, 0.25) is 0 Å². The number of aryl methyl sites for hydroxylation is 1. The molecule has 166 valence electrons. The van der Waals surface area contributed by atoms with Crippen molar-refractivity contribution in [2.24, 2.45) is 0 Å². The van der Waals surface area contributed by atoms with E-state index in [4.69, 9.17) is 0 Å². The van der Waals surface area contributed by atoms with Crippen LogP contribution in [0.3, 0.4) is 0 Å². The van der Waals surface area contributed by atoms with Gasteiger partial charge in [0, 0.05) is 31.8 Å². The molecule has 2 amide bonds. The molecule has 0 atom stereocenters. The number of hydrogen-bond donors (Lipinski definition) is 2.